The minimum Gasteiger partial charge on any atom is -0.488 e. The lowest BCUT2D eigenvalue weighted by molar-refractivity contribution is -0.139. The molecule has 4 aromatic rings. The number of rotatable bonds is 7. The van der Waals surface area contributed by atoms with E-state index in [1.807, 2.05) is 30.3 Å². The maximum atomic E-state index is 15.6. The van der Waals surface area contributed by atoms with Gasteiger partial charge in [-0.3, -0.25) is 4.79 Å². The summed E-state index contributed by atoms with van der Waals surface area (Å²) in [5, 5.41) is 0.774. The van der Waals surface area contributed by atoms with E-state index in [1.165, 1.54) is 13.4 Å². The van der Waals surface area contributed by atoms with Crippen molar-refractivity contribution in [1.29, 1.82) is 0 Å². The first kappa shape index (κ1) is 20.6. The van der Waals surface area contributed by atoms with Gasteiger partial charge in [-0.25, -0.2) is 4.39 Å². The van der Waals surface area contributed by atoms with Crippen LogP contribution < -0.4 is 10.5 Å². The summed E-state index contributed by atoms with van der Waals surface area (Å²) in [6, 6.07) is 18.1. The van der Waals surface area contributed by atoms with Crippen molar-refractivity contribution in [1.82, 2.24) is 0 Å². The molecule has 2 N–H and O–H groups in total. The van der Waals surface area contributed by atoms with Crippen molar-refractivity contribution < 1.29 is 23.1 Å². The summed E-state index contributed by atoms with van der Waals surface area (Å²) in [7, 11) is 1.34. The molecule has 5 nitrogen and oxygen atoms in total. The summed E-state index contributed by atoms with van der Waals surface area (Å²) >= 11 is 0. The van der Waals surface area contributed by atoms with Crippen molar-refractivity contribution in [2.75, 3.05) is 7.11 Å². The van der Waals surface area contributed by atoms with Crippen LogP contribution in [0.3, 0.4) is 0 Å². The molecule has 0 fully saturated rings. The molecule has 0 unspecified atom stereocenters. The molecular weight excluding hydrogens is 397 g/mol. The summed E-state index contributed by atoms with van der Waals surface area (Å²) in [5.74, 6) is -0.280. The predicted octanol–water partition coefficient (Wildman–Crippen LogP) is 4.99. The average Bonchev–Trinajstić information content (AvgIpc) is 3.26. The number of carbonyl (C=O) groups excluding carboxylic acids is 1. The predicted molar refractivity (Wildman–Crippen MR) is 116 cm³/mol. The Balaban J connectivity index is 1.70. The average molecular weight is 419 g/mol. The number of para-hydroxylation sites is 1. The molecule has 0 radical (unpaired) electrons. The first-order valence-corrected chi connectivity index (χ1v) is 9.86. The standard InChI is InChI=1S/C25H22FNO4/c1-29-22(28)13-17-6-2-3-8-21(17)31-15-20-12-19-9-10-30-25(19)23(24(20)26)18-7-4-5-16(11-18)14-27/h2-12H,13-15,27H2,1H3. The molecule has 1 aromatic heterocycles. The van der Waals surface area contributed by atoms with Crippen LogP contribution in [0.4, 0.5) is 4.39 Å². The summed E-state index contributed by atoms with van der Waals surface area (Å²) in [6.07, 6.45) is 1.61. The number of hydrogen-bond acceptors (Lipinski definition) is 5. The smallest absolute Gasteiger partial charge is 0.310 e. The van der Waals surface area contributed by atoms with Gasteiger partial charge in [-0.15, -0.1) is 0 Å². The van der Waals surface area contributed by atoms with Crippen LogP contribution in [-0.2, 0) is 29.1 Å². The summed E-state index contributed by atoms with van der Waals surface area (Å²) in [4.78, 5) is 11.7. The Hall–Kier alpha value is -3.64. The van der Waals surface area contributed by atoms with E-state index in [0.29, 0.717) is 40.1 Å². The molecule has 31 heavy (non-hydrogen) atoms. The van der Waals surface area contributed by atoms with E-state index < -0.39 is 5.82 Å². The molecule has 0 bridgehead atoms. The Kier molecular flexibility index (Phi) is 6.00. The quantitative estimate of drug-likeness (QED) is 0.427. The monoisotopic (exact) mass is 419 g/mol. The van der Waals surface area contributed by atoms with Crippen molar-refractivity contribution in [2.24, 2.45) is 5.73 Å². The van der Waals surface area contributed by atoms with Crippen molar-refractivity contribution >= 4 is 16.9 Å². The third kappa shape index (κ3) is 4.29. The lowest BCUT2D eigenvalue weighted by Gasteiger charge is -2.14. The Labute approximate surface area is 179 Å². The molecule has 4 rings (SSSR count). The molecule has 158 valence electrons. The molecule has 1 heterocycles. The van der Waals surface area contributed by atoms with Crippen molar-refractivity contribution in [3.8, 4) is 16.9 Å². The normalized spacial score (nSPS) is 10.9. The molecule has 0 saturated carbocycles. The minimum atomic E-state index is -0.415. The SMILES string of the molecule is COC(=O)Cc1ccccc1OCc1cc2ccoc2c(-c2cccc(CN)c2)c1F. The zero-order valence-corrected chi connectivity index (χ0v) is 17.1. The zero-order valence-electron chi connectivity index (χ0n) is 17.1. The number of furan rings is 1. The first-order chi connectivity index (χ1) is 15.1. The Morgan fingerprint density at radius 2 is 1.90 bits per heavy atom. The number of methoxy groups -OCH3 is 1. The highest BCUT2D eigenvalue weighted by atomic mass is 19.1. The highest BCUT2D eigenvalue weighted by molar-refractivity contribution is 5.93. The van der Waals surface area contributed by atoms with Gasteiger partial charge in [-0.1, -0.05) is 36.4 Å². The molecule has 0 spiro atoms. The van der Waals surface area contributed by atoms with Crippen LogP contribution in [0.15, 0.2) is 71.3 Å². The Morgan fingerprint density at radius 1 is 1.06 bits per heavy atom. The van der Waals surface area contributed by atoms with Crippen LogP contribution in [0.25, 0.3) is 22.1 Å². The second kappa shape index (κ2) is 9.02. The van der Waals surface area contributed by atoms with Gasteiger partial charge in [0.05, 0.1) is 25.4 Å². The summed E-state index contributed by atoms with van der Waals surface area (Å²) in [5.41, 5.74) is 9.25. The fourth-order valence-electron chi connectivity index (χ4n) is 3.54. The van der Waals surface area contributed by atoms with Gasteiger partial charge in [0, 0.05) is 23.1 Å². The molecule has 0 saturated heterocycles. The van der Waals surface area contributed by atoms with Gasteiger partial charge < -0.3 is 19.6 Å². The third-order valence-corrected chi connectivity index (χ3v) is 5.12. The second-order valence-electron chi connectivity index (χ2n) is 7.12. The molecule has 0 aliphatic rings. The first-order valence-electron chi connectivity index (χ1n) is 9.86. The van der Waals surface area contributed by atoms with Crippen LogP contribution in [0, 0.1) is 5.82 Å². The van der Waals surface area contributed by atoms with Crippen molar-refractivity contribution in [3.05, 3.63) is 89.4 Å². The summed E-state index contributed by atoms with van der Waals surface area (Å²) in [6.45, 7) is 0.352. The number of carbonyl (C=O) groups is 1. The number of hydrogen-bond donors (Lipinski definition) is 1. The van der Waals surface area contributed by atoms with Gasteiger partial charge in [0.1, 0.15) is 23.8 Å². The molecule has 0 aliphatic heterocycles. The van der Waals surface area contributed by atoms with Crippen molar-refractivity contribution in [3.63, 3.8) is 0 Å². The molecule has 0 aliphatic carbocycles. The molecule has 6 heteroatoms. The summed E-state index contributed by atoms with van der Waals surface area (Å²) < 4.78 is 31.9. The minimum absolute atomic E-state index is 0.00524. The van der Waals surface area contributed by atoms with E-state index in [0.717, 1.165) is 10.9 Å². The van der Waals surface area contributed by atoms with Gasteiger partial charge >= 0.3 is 5.97 Å². The van der Waals surface area contributed by atoms with E-state index in [1.54, 1.807) is 30.3 Å². The van der Waals surface area contributed by atoms with Crippen LogP contribution in [0.5, 0.6) is 5.75 Å². The molecule has 3 aromatic carbocycles. The largest absolute Gasteiger partial charge is 0.488 e. The van der Waals surface area contributed by atoms with Gasteiger partial charge in [-0.05, 0) is 35.4 Å². The van der Waals surface area contributed by atoms with Crippen LogP contribution in [0.2, 0.25) is 0 Å². The number of halogens is 1. The van der Waals surface area contributed by atoms with Crippen molar-refractivity contribution in [2.45, 2.75) is 19.6 Å². The Bertz CT molecular complexity index is 1230. The van der Waals surface area contributed by atoms with E-state index in [-0.39, 0.29) is 19.0 Å². The van der Waals surface area contributed by atoms with E-state index in [9.17, 15) is 4.79 Å². The topological polar surface area (TPSA) is 74.7 Å². The third-order valence-electron chi connectivity index (χ3n) is 5.12. The lowest BCUT2D eigenvalue weighted by atomic mass is 9.98. The zero-order chi connectivity index (χ0) is 21.8. The van der Waals surface area contributed by atoms with E-state index in [2.05, 4.69) is 0 Å². The Morgan fingerprint density at radius 3 is 2.71 bits per heavy atom. The van der Waals surface area contributed by atoms with E-state index >= 15 is 4.39 Å². The van der Waals surface area contributed by atoms with Gasteiger partial charge in [-0.2, -0.15) is 0 Å². The van der Waals surface area contributed by atoms with Crippen LogP contribution >= 0.6 is 0 Å². The fourth-order valence-corrected chi connectivity index (χ4v) is 3.54. The number of ether oxygens (including phenoxy) is 2. The van der Waals surface area contributed by atoms with Gasteiger partial charge in [0.15, 0.2) is 0 Å². The van der Waals surface area contributed by atoms with Crippen LogP contribution in [-0.4, -0.2) is 13.1 Å². The number of fused-ring (bicyclic) bond motifs is 1. The second-order valence-corrected chi connectivity index (χ2v) is 7.12. The number of esters is 1. The molecular formula is C25H22FNO4. The van der Waals surface area contributed by atoms with Crippen LogP contribution in [0.1, 0.15) is 16.7 Å². The fraction of sp³-hybridized carbons (Fsp3) is 0.160. The van der Waals surface area contributed by atoms with Gasteiger partial charge in [0.2, 0.25) is 0 Å². The maximum absolute atomic E-state index is 15.6. The number of benzene rings is 3. The molecule has 0 atom stereocenters. The molecule has 0 amide bonds. The van der Waals surface area contributed by atoms with Gasteiger partial charge in [0.25, 0.3) is 0 Å². The number of nitrogens with two attached hydrogens (primary N) is 1. The highest BCUT2D eigenvalue weighted by Gasteiger charge is 2.19. The lowest BCUT2D eigenvalue weighted by Crippen LogP contribution is -2.07. The highest BCUT2D eigenvalue weighted by Crippen LogP contribution is 2.35. The maximum Gasteiger partial charge on any atom is 0.310 e. The van der Waals surface area contributed by atoms with E-state index in [4.69, 9.17) is 19.6 Å².